The molecule has 1 aromatic rings. The van der Waals surface area contributed by atoms with Crippen molar-refractivity contribution in [2.45, 2.75) is 26.2 Å². The van der Waals surface area contributed by atoms with E-state index < -0.39 is 11.4 Å². The molecule has 1 fully saturated rings. The van der Waals surface area contributed by atoms with Gasteiger partial charge in [-0.05, 0) is 37.5 Å². The monoisotopic (exact) mass is 321 g/mol. The first-order chi connectivity index (χ1) is 11.1. The molecule has 126 valence electrons. The zero-order valence-electron chi connectivity index (χ0n) is 13.3. The number of aliphatic carboxylic acids is 1. The Hall–Kier alpha value is -2.08. The molecule has 0 aliphatic carbocycles. The summed E-state index contributed by atoms with van der Waals surface area (Å²) in [5.41, 5.74) is -0.476. The molecule has 1 aliphatic heterocycles. The van der Waals surface area contributed by atoms with Gasteiger partial charge in [-0.1, -0.05) is 13.0 Å². The van der Waals surface area contributed by atoms with Crippen molar-refractivity contribution in [1.29, 1.82) is 0 Å². The molecule has 2 rings (SSSR count). The van der Waals surface area contributed by atoms with E-state index in [1.807, 2.05) is 6.92 Å². The van der Waals surface area contributed by atoms with Crippen LogP contribution in [0.4, 0.5) is 0 Å². The van der Waals surface area contributed by atoms with Gasteiger partial charge in [0.25, 0.3) is 5.91 Å². The van der Waals surface area contributed by atoms with Crippen LogP contribution in [-0.4, -0.2) is 43.3 Å². The zero-order chi connectivity index (χ0) is 16.7. The minimum atomic E-state index is -0.940. The molecule has 1 amide bonds. The maximum Gasteiger partial charge on any atom is 0.311 e. The number of carbonyl (C=O) groups excluding carboxylic acids is 1. The summed E-state index contributed by atoms with van der Waals surface area (Å²) in [5.74, 6) is -0.543. The molecule has 2 N–H and O–H groups in total. The second kappa shape index (κ2) is 7.97. The molecule has 1 aliphatic rings. The molecule has 0 saturated carbocycles. The number of hydrogen-bond donors (Lipinski definition) is 2. The van der Waals surface area contributed by atoms with Crippen molar-refractivity contribution in [3.05, 3.63) is 29.8 Å². The predicted octanol–water partition coefficient (Wildman–Crippen LogP) is 2.09. The number of nitrogens with one attached hydrogen (secondary N) is 1. The van der Waals surface area contributed by atoms with Crippen molar-refractivity contribution >= 4 is 11.9 Å². The average molecular weight is 321 g/mol. The summed E-state index contributed by atoms with van der Waals surface area (Å²) < 4.78 is 10.7. The third-order valence-electron chi connectivity index (χ3n) is 4.06. The maximum atomic E-state index is 12.3. The van der Waals surface area contributed by atoms with Gasteiger partial charge in [-0.2, -0.15) is 0 Å². The Labute approximate surface area is 135 Å². The second-order valence-corrected chi connectivity index (χ2v) is 5.76. The molecule has 0 atom stereocenters. The minimum Gasteiger partial charge on any atom is -0.494 e. The fourth-order valence-electron chi connectivity index (χ4n) is 2.53. The first-order valence-corrected chi connectivity index (χ1v) is 7.89. The van der Waals surface area contributed by atoms with E-state index in [2.05, 4.69) is 5.32 Å². The van der Waals surface area contributed by atoms with E-state index in [0.29, 0.717) is 44.0 Å². The predicted molar refractivity (Wildman–Crippen MR) is 84.7 cm³/mol. The van der Waals surface area contributed by atoms with Gasteiger partial charge in [0.2, 0.25) is 0 Å². The fourth-order valence-corrected chi connectivity index (χ4v) is 2.53. The molecule has 1 aromatic carbocycles. The Balaban J connectivity index is 1.99. The SMILES string of the molecule is CCCOc1cccc(C(=O)NCC2(C(=O)O)CCOCC2)c1. The van der Waals surface area contributed by atoms with E-state index in [9.17, 15) is 14.7 Å². The van der Waals surface area contributed by atoms with Gasteiger partial charge >= 0.3 is 5.97 Å². The van der Waals surface area contributed by atoms with Crippen molar-refractivity contribution in [1.82, 2.24) is 5.32 Å². The molecule has 0 aromatic heterocycles. The summed E-state index contributed by atoms with van der Waals surface area (Å²) in [6, 6.07) is 6.90. The van der Waals surface area contributed by atoms with Crippen LogP contribution in [0.25, 0.3) is 0 Å². The Kier molecular flexibility index (Phi) is 5.98. The van der Waals surface area contributed by atoms with Crippen LogP contribution in [0.5, 0.6) is 5.75 Å². The smallest absolute Gasteiger partial charge is 0.311 e. The van der Waals surface area contributed by atoms with Crippen LogP contribution in [0.3, 0.4) is 0 Å². The second-order valence-electron chi connectivity index (χ2n) is 5.76. The molecule has 0 bridgehead atoms. The molecule has 1 heterocycles. The van der Waals surface area contributed by atoms with E-state index in [1.54, 1.807) is 24.3 Å². The fraction of sp³-hybridized carbons (Fsp3) is 0.529. The van der Waals surface area contributed by atoms with Gasteiger partial charge in [0.05, 0.1) is 12.0 Å². The Morgan fingerprint density at radius 2 is 2.09 bits per heavy atom. The van der Waals surface area contributed by atoms with Crippen LogP contribution in [0.2, 0.25) is 0 Å². The van der Waals surface area contributed by atoms with Crippen molar-refractivity contribution < 1.29 is 24.2 Å². The van der Waals surface area contributed by atoms with E-state index >= 15 is 0 Å². The van der Waals surface area contributed by atoms with Gasteiger partial charge in [-0.25, -0.2) is 0 Å². The molecule has 0 radical (unpaired) electrons. The highest BCUT2D eigenvalue weighted by atomic mass is 16.5. The van der Waals surface area contributed by atoms with Gasteiger partial charge in [-0.15, -0.1) is 0 Å². The molecular formula is C17H23NO5. The van der Waals surface area contributed by atoms with E-state index in [-0.39, 0.29) is 12.5 Å². The van der Waals surface area contributed by atoms with E-state index in [1.165, 1.54) is 0 Å². The summed E-state index contributed by atoms with van der Waals surface area (Å²) >= 11 is 0. The first kappa shape index (κ1) is 17.3. The summed E-state index contributed by atoms with van der Waals surface area (Å²) in [5, 5.41) is 12.2. The summed E-state index contributed by atoms with van der Waals surface area (Å²) in [6.45, 7) is 3.51. The third-order valence-corrected chi connectivity index (χ3v) is 4.06. The summed E-state index contributed by atoms with van der Waals surface area (Å²) in [4.78, 5) is 23.9. The van der Waals surface area contributed by atoms with Gasteiger partial charge in [0, 0.05) is 25.3 Å². The lowest BCUT2D eigenvalue weighted by molar-refractivity contribution is -0.154. The average Bonchev–Trinajstić information content (AvgIpc) is 2.58. The minimum absolute atomic E-state index is 0.102. The van der Waals surface area contributed by atoms with Crippen LogP contribution < -0.4 is 10.1 Å². The highest BCUT2D eigenvalue weighted by Gasteiger charge is 2.40. The molecule has 6 nitrogen and oxygen atoms in total. The molecule has 1 saturated heterocycles. The Morgan fingerprint density at radius 1 is 1.35 bits per heavy atom. The zero-order valence-corrected chi connectivity index (χ0v) is 13.3. The number of carbonyl (C=O) groups is 2. The van der Waals surface area contributed by atoms with Crippen LogP contribution in [0, 0.1) is 5.41 Å². The van der Waals surface area contributed by atoms with Crippen molar-refractivity contribution in [2.75, 3.05) is 26.4 Å². The summed E-state index contributed by atoms with van der Waals surface area (Å²) in [7, 11) is 0. The Morgan fingerprint density at radius 3 is 2.74 bits per heavy atom. The summed E-state index contributed by atoms with van der Waals surface area (Å²) in [6.07, 6.45) is 1.70. The first-order valence-electron chi connectivity index (χ1n) is 7.89. The molecule has 0 spiro atoms. The van der Waals surface area contributed by atoms with Crippen molar-refractivity contribution in [3.63, 3.8) is 0 Å². The number of ether oxygens (including phenoxy) is 2. The lowest BCUT2D eigenvalue weighted by Crippen LogP contribution is -2.46. The molecule has 6 heteroatoms. The lowest BCUT2D eigenvalue weighted by Gasteiger charge is -2.33. The number of rotatable bonds is 7. The highest BCUT2D eigenvalue weighted by molar-refractivity contribution is 5.94. The lowest BCUT2D eigenvalue weighted by atomic mass is 9.80. The van der Waals surface area contributed by atoms with E-state index in [4.69, 9.17) is 9.47 Å². The molecular weight excluding hydrogens is 298 g/mol. The number of benzene rings is 1. The Bertz CT molecular complexity index is 552. The highest BCUT2D eigenvalue weighted by Crippen LogP contribution is 2.30. The maximum absolute atomic E-state index is 12.3. The molecule has 0 unspecified atom stereocenters. The van der Waals surface area contributed by atoms with Gasteiger partial charge in [0.1, 0.15) is 5.75 Å². The number of carboxylic acids is 1. The van der Waals surface area contributed by atoms with Crippen LogP contribution in [-0.2, 0) is 9.53 Å². The van der Waals surface area contributed by atoms with Gasteiger partial charge in [0.15, 0.2) is 0 Å². The normalized spacial score (nSPS) is 16.6. The quantitative estimate of drug-likeness (QED) is 0.803. The van der Waals surface area contributed by atoms with Crippen molar-refractivity contribution in [3.8, 4) is 5.75 Å². The van der Waals surface area contributed by atoms with Crippen LogP contribution in [0.1, 0.15) is 36.5 Å². The largest absolute Gasteiger partial charge is 0.494 e. The van der Waals surface area contributed by atoms with Gasteiger partial charge < -0.3 is 19.9 Å². The van der Waals surface area contributed by atoms with E-state index in [0.717, 1.165) is 6.42 Å². The van der Waals surface area contributed by atoms with Crippen LogP contribution in [0.15, 0.2) is 24.3 Å². The topological polar surface area (TPSA) is 84.9 Å². The third kappa shape index (κ3) is 4.45. The standard InChI is InChI=1S/C17H23NO5/c1-2-8-23-14-5-3-4-13(11-14)15(19)18-12-17(16(20)21)6-9-22-10-7-17/h3-5,11H,2,6-10,12H2,1H3,(H,18,19)(H,20,21). The molecule has 23 heavy (non-hydrogen) atoms. The van der Waals surface area contributed by atoms with Gasteiger partial charge in [-0.3, -0.25) is 9.59 Å². The number of hydrogen-bond acceptors (Lipinski definition) is 4. The number of carboxylic acid groups (broad SMARTS) is 1. The van der Waals surface area contributed by atoms with Crippen LogP contribution >= 0.6 is 0 Å². The number of amides is 1. The van der Waals surface area contributed by atoms with Crippen molar-refractivity contribution in [2.24, 2.45) is 5.41 Å².